The van der Waals surface area contributed by atoms with E-state index >= 15 is 0 Å². The number of carbonyl (C=O) groups is 2. The fraction of sp³-hybridized carbons (Fsp3) is 0.529. The van der Waals surface area contributed by atoms with Crippen LogP contribution in [-0.2, 0) is 9.59 Å². The van der Waals surface area contributed by atoms with E-state index in [0.717, 1.165) is 25.0 Å². The zero-order chi connectivity index (χ0) is 15.9. The van der Waals surface area contributed by atoms with Crippen molar-refractivity contribution in [2.45, 2.75) is 33.1 Å². The number of nitrogens with one attached hydrogen (secondary N) is 1. The Morgan fingerprint density at radius 3 is 2.95 bits per heavy atom. The van der Waals surface area contributed by atoms with Crippen molar-refractivity contribution in [2.75, 3.05) is 19.6 Å². The first-order chi connectivity index (χ1) is 10.6. The predicted octanol–water partition coefficient (Wildman–Crippen LogP) is 2.37. The van der Waals surface area contributed by atoms with E-state index in [4.69, 9.17) is 4.42 Å². The van der Waals surface area contributed by atoms with Gasteiger partial charge >= 0.3 is 0 Å². The maximum Gasteiger partial charge on any atom is 0.246 e. The topological polar surface area (TPSA) is 62.6 Å². The van der Waals surface area contributed by atoms with Crippen molar-refractivity contribution in [3.8, 4) is 0 Å². The lowest BCUT2D eigenvalue weighted by atomic mass is 9.97. The molecule has 22 heavy (non-hydrogen) atoms. The third-order valence-electron chi connectivity index (χ3n) is 3.80. The molecule has 2 rings (SSSR count). The highest BCUT2D eigenvalue weighted by Crippen LogP contribution is 2.17. The van der Waals surface area contributed by atoms with Gasteiger partial charge in [0.1, 0.15) is 11.5 Å². The zero-order valence-corrected chi connectivity index (χ0v) is 13.3. The minimum Gasteiger partial charge on any atom is -0.462 e. The fourth-order valence-corrected chi connectivity index (χ4v) is 2.59. The van der Waals surface area contributed by atoms with Crippen molar-refractivity contribution in [3.63, 3.8) is 0 Å². The van der Waals surface area contributed by atoms with Gasteiger partial charge < -0.3 is 14.6 Å². The summed E-state index contributed by atoms with van der Waals surface area (Å²) in [5.74, 6) is 1.38. The minimum atomic E-state index is -0.0940. The molecule has 0 bridgehead atoms. The van der Waals surface area contributed by atoms with Crippen LogP contribution in [0.5, 0.6) is 0 Å². The minimum absolute atomic E-state index is 0.0602. The van der Waals surface area contributed by atoms with Gasteiger partial charge in [0, 0.05) is 25.7 Å². The first kappa shape index (κ1) is 16.3. The molecule has 2 heterocycles. The van der Waals surface area contributed by atoms with Crippen LogP contribution in [0.3, 0.4) is 0 Å². The molecule has 0 radical (unpaired) electrons. The summed E-state index contributed by atoms with van der Waals surface area (Å²) in [5.41, 5.74) is 0. The number of furan rings is 1. The summed E-state index contributed by atoms with van der Waals surface area (Å²) in [7, 11) is 0. The predicted molar refractivity (Wildman–Crippen MR) is 85.1 cm³/mol. The van der Waals surface area contributed by atoms with Crippen molar-refractivity contribution in [2.24, 2.45) is 5.92 Å². The van der Waals surface area contributed by atoms with Crippen LogP contribution >= 0.6 is 0 Å². The smallest absolute Gasteiger partial charge is 0.246 e. The summed E-state index contributed by atoms with van der Waals surface area (Å²) in [6.45, 7) is 5.79. The molecule has 0 spiro atoms. The Kier molecular flexibility index (Phi) is 5.81. The first-order valence-electron chi connectivity index (χ1n) is 7.91. The van der Waals surface area contributed by atoms with Gasteiger partial charge in [-0.3, -0.25) is 9.59 Å². The van der Waals surface area contributed by atoms with Crippen LogP contribution in [0.25, 0.3) is 6.08 Å². The summed E-state index contributed by atoms with van der Waals surface area (Å²) >= 11 is 0. The van der Waals surface area contributed by atoms with Gasteiger partial charge in [-0.1, -0.05) is 6.92 Å². The Morgan fingerprint density at radius 1 is 1.45 bits per heavy atom. The summed E-state index contributed by atoms with van der Waals surface area (Å²) in [6, 6.07) is 3.69. The third kappa shape index (κ3) is 4.48. The molecule has 1 atom stereocenters. The average Bonchev–Trinajstić information content (AvgIpc) is 2.96. The molecule has 1 aliphatic heterocycles. The van der Waals surface area contributed by atoms with Gasteiger partial charge in [0.15, 0.2) is 0 Å². The summed E-state index contributed by atoms with van der Waals surface area (Å²) < 4.78 is 5.40. The molecule has 1 aromatic rings. The maximum atomic E-state index is 12.2. The van der Waals surface area contributed by atoms with Crippen LogP contribution in [0, 0.1) is 12.8 Å². The van der Waals surface area contributed by atoms with Gasteiger partial charge in [0.2, 0.25) is 11.8 Å². The number of rotatable bonds is 5. The van der Waals surface area contributed by atoms with E-state index in [0.29, 0.717) is 25.4 Å². The Bertz CT molecular complexity index is 548. The van der Waals surface area contributed by atoms with Crippen LogP contribution in [0.15, 0.2) is 22.6 Å². The fourth-order valence-electron chi connectivity index (χ4n) is 2.59. The highest BCUT2D eigenvalue weighted by Gasteiger charge is 2.27. The molecule has 2 amide bonds. The first-order valence-corrected chi connectivity index (χ1v) is 7.91. The monoisotopic (exact) mass is 304 g/mol. The Balaban J connectivity index is 1.89. The Hall–Kier alpha value is -2.04. The van der Waals surface area contributed by atoms with Gasteiger partial charge in [-0.15, -0.1) is 0 Å². The van der Waals surface area contributed by atoms with Gasteiger partial charge in [0.25, 0.3) is 0 Å². The molecule has 120 valence electrons. The van der Waals surface area contributed by atoms with Crippen LogP contribution in [0.4, 0.5) is 0 Å². The molecule has 1 fully saturated rings. The summed E-state index contributed by atoms with van der Waals surface area (Å²) in [6.07, 6.45) is 5.83. The second-order valence-corrected chi connectivity index (χ2v) is 5.70. The van der Waals surface area contributed by atoms with Crippen LogP contribution < -0.4 is 5.32 Å². The summed E-state index contributed by atoms with van der Waals surface area (Å²) in [4.78, 5) is 26.0. The SMILES string of the molecule is CCCNC(=O)[C@H]1CCCN(C(=O)/C=C/c2ccc(C)o2)C1. The highest BCUT2D eigenvalue weighted by atomic mass is 16.3. The molecular weight excluding hydrogens is 280 g/mol. The molecule has 5 heteroatoms. The van der Waals surface area contributed by atoms with Crippen LogP contribution in [0.1, 0.15) is 37.7 Å². The lowest BCUT2D eigenvalue weighted by Crippen LogP contribution is -2.45. The van der Waals surface area contributed by atoms with E-state index in [1.807, 2.05) is 26.0 Å². The normalized spacial score (nSPS) is 18.6. The van der Waals surface area contributed by atoms with E-state index in [-0.39, 0.29) is 17.7 Å². The second kappa shape index (κ2) is 7.82. The number of piperidine rings is 1. The average molecular weight is 304 g/mol. The van der Waals surface area contributed by atoms with E-state index < -0.39 is 0 Å². The molecule has 0 saturated carbocycles. The Labute approximate surface area is 131 Å². The molecular formula is C17H24N2O3. The van der Waals surface area contributed by atoms with Crippen LogP contribution in [0.2, 0.25) is 0 Å². The van der Waals surface area contributed by atoms with E-state index in [1.165, 1.54) is 6.08 Å². The van der Waals surface area contributed by atoms with Crippen molar-refractivity contribution in [1.82, 2.24) is 10.2 Å². The van der Waals surface area contributed by atoms with Gasteiger partial charge in [-0.05, 0) is 44.4 Å². The number of aryl methyl sites for hydroxylation is 1. The van der Waals surface area contributed by atoms with E-state index in [1.54, 1.807) is 11.0 Å². The highest BCUT2D eigenvalue weighted by molar-refractivity contribution is 5.92. The van der Waals surface area contributed by atoms with Gasteiger partial charge in [-0.2, -0.15) is 0 Å². The Morgan fingerprint density at radius 2 is 2.27 bits per heavy atom. The zero-order valence-electron chi connectivity index (χ0n) is 13.3. The molecule has 1 N–H and O–H groups in total. The van der Waals surface area contributed by atoms with E-state index in [2.05, 4.69) is 5.32 Å². The maximum absolute atomic E-state index is 12.2. The van der Waals surface area contributed by atoms with Crippen LogP contribution in [-0.4, -0.2) is 36.3 Å². The van der Waals surface area contributed by atoms with Crippen molar-refractivity contribution in [3.05, 3.63) is 29.7 Å². The molecule has 0 aromatic carbocycles. The number of amides is 2. The number of nitrogens with zero attached hydrogens (tertiary/aromatic N) is 1. The number of hydrogen-bond donors (Lipinski definition) is 1. The number of carbonyl (C=O) groups excluding carboxylic acids is 2. The molecule has 1 saturated heterocycles. The number of likely N-dealkylation sites (tertiary alicyclic amines) is 1. The van der Waals surface area contributed by atoms with Crippen molar-refractivity contribution < 1.29 is 14.0 Å². The number of hydrogen-bond acceptors (Lipinski definition) is 3. The summed E-state index contributed by atoms with van der Waals surface area (Å²) in [5, 5.41) is 2.91. The quantitative estimate of drug-likeness (QED) is 0.849. The largest absolute Gasteiger partial charge is 0.462 e. The van der Waals surface area contributed by atoms with Crippen molar-refractivity contribution >= 4 is 17.9 Å². The van der Waals surface area contributed by atoms with Gasteiger partial charge in [0.05, 0.1) is 5.92 Å². The molecule has 0 unspecified atom stereocenters. The second-order valence-electron chi connectivity index (χ2n) is 5.70. The molecule has 1 aromatic heterocycles. The molecule has 1 aliphatic rings. The van der Waals surface area contributed by atoms with Crippen molar-refractivity contribution in [1.29, 1.82) is 0 Å². The lowest BCUT2D eigenvalue weighted by molar-refractivity contribution is -0.132. The lowest BCUT2D eigenvalue weighted by Gasteiger charge is -2.31. The molecule has 5 nitrogen and oxygen atoms in total. The van der Waals surface area contributed by atoms with E-state index in [9.17, 15) is 9.59 Å². The van der Waals surface area contributed by atoms with Gasteiger partial charge in [-0.25, -0.2) is 0 Å². The third-order valence-corrected chi connectivity index (χ3v) is 3.80. The standard InChI is InChI=1S/C17H24N2O3/c1-3-10-18-17(21)14-5-4-11-19(12-14)16(20)9-8-15-7-6-13(2)22-15/h6-9,14H,3-5,10-12H2,1-2H3,(H,18,21)/b9-8+/t14-/m0/s1. The molecule has 0 aliphatic carbocycles.